The summed E-state index contributed by atoms with van der Waals surface area (Å²) in [5.74, 6) is 0.425. The van der Waals surface area contributed by atoms with Crippen LogP contribution >= 0.6 is 11.6 Å². The van der Waals surface area contributed by atoms with Crippen LogP contribution in [-0.2, 0) is 10.0 Å². The maximum absolute atomic E-state index is 12.8. The van der Waals surface area contributed by atoms with Crippen LogP contribution in [0.25, 0.3) is 0 Å². The Balaban J connectivity index is 2.29. The summed E-state index contributed by atoms with van der Waals surface area (Å²) in [5.41, 5.74) is 0.571. The molecule has 122 valence electrons. The Bertz CT molecular complexity index is 661. The van der Waals surface area contributed by atoms with Crippen LogP contribution in [-0.4, -0.2) is 38.6 Å². The standard InChI is InChI=1S/C15H21ClN2O3S/c1-11-4-3-8-18(9-7-11)15(19)13-10-12(16)5-6-14(13)17-22(2,20)21/h5-6,10-11,17H,3-4,7-9H2,1-2H3/t11-/m0/s1. The van der Waals surface area contributed by atoms with Crippen LogP contribution < -0.4 is 4.72 Å². The summed E-state index contributed by atoms with van der Waals surface area (Å²) in [4.78, 5) is 14.5. The first-order valence-electron chi connectivity index (χ1n) is 7.33. The molecule has 0 bridgehead atoms. The van der Waals surface area contributed by atoms with Gasteiger partial charge in [0.15, 0.2) is 0 Å². The van der Waals surface area contributed by atoms with Crippen molar-refractivity contribution in [1.29, 1.82) is 0 Å². The number of carbonyl (C=O) groups excluding carboxylic acids is 1. The topological polar surface area (TPSA) is 66.5 Å². The molecular weight excluding hydrogens is 324 g/mol. The minimum absolute atomic E-state index is 0.178. The second-order valence-corrected chi connectivity index (χ2v) is 8.08. The molecule has 1 aliphatic heterocycles. The third-order valence-electron chi connectivity index (χ3n) is 3.81. The van der Waals surface area contributed by atoms with E-state index in [2.05, 4.69) is 11.6 Å². The van der Waals surface area contributed by atoms with Crippen molar-refractivity contribution < 1.29 is 13.2 Å². The lowest BCUT2D eigenvalue weighted by Gasteiger charge is -2.22. The first-order valence-corrected chi connectivity index (χ1v) is 9.60. The molecule has 1 amide bonds. The maximum atomic E-state index is 12.8. The van der Waals surface area contributed by atoms with E-state index in [-0.39, 0.29) is 11.6 Å². The lowest BCUT2D eigenvalue weighted by atomic mass is 10.0. The molecule has 1 N–H and O–H groups in total. The first-order chi connectivity index (χ1) is 10.3. The predicted octanol–water partition coefficient (Wildman–Crippen LogP) is 2.97. The van der Waals surface area contributed by atoms with Gasteiger partial charge in [0.1, 0.15) is 0 Å². The Morgan fingerprint density at radius 1 is 1.32 bits per heavy atom. The molecule has 0 aromatic heterocycles. The van der Waals surface area contributed by atoms with Crippen molar-refractivity contribution in [3.05, 3.63) is 28.8 Å². The molecule has 0 saturated carbocycles. The van der Waals surface area contributed by atoms with Gasteiger partial charge in [-0.15, -0.1) is 0 Å². The Hall–Kier alpha value is -1.27. The van der Waals surface area contributed by atoms with Crippen LogP contribution in [0, 0.1) is 5.92 Å². The fraction of sp³-hybridized carbons (Fsp3) is 0.533. The van der Waals surface area contributed by atoms with E-state index in [4.69, 9.17) is 11.6 Å². The monoisotopic (exact) mass is 344 g/mol. The van der Waals surface area contributed by atoms with Crippen LogP contribution in [0.5, 0.6) is 0 Å². The van der Waals surface area contributed by atoms with Crippen LogP contribution in [0.2, 0.25) is 5.02 Å². The Kier molecular flexibility index (Phi) is 5.34. The zero-order valence-corrected chi connectivity index (χ0v) is 14.4. The number of benzene rings is 1. The number of likely N-dealkylation sites (tertiary alicyclic amines) is 1. The van der Waals surface area contributed by atoms with Crippen molar-refractivity contribution in [3.8, 4) is 0 Å². The molecule has 1 saturated heterocycles. The minimum atomic E-state index is -3.46. The van der Waals surface area contributed by atoms with Crippen molar-refractivity contribution in [2.24, 2.45) is 5.92 Å². The molecule has 0 aliphatic carbocycles. The van der Waals surface area contributed by atoms with E-state index >= 15 is 0 Å². The molecule has 5 nitrogen and oxygen atoms in total. The predicted molar refractivity (Wildman–Crippen MR) is 88.8 cm³/mol. The highest BCUT2D eigenvalue weighted by Crippen LogP contribution is 2.25. The third kappa shape index (κ3) is 4.61. The molecule has 0 unspecified atom stereocenters. The van der Waals surface area contributed by atoms with Gasteiger partial charge >= 0.3 is 0 Å². The Labute approximate surface area is 136 Å². The number of amides is 1. The average Bonchev–Trinajstić information content (AvgIpc) is 2.63. The highest BCUT2D eigenvalue weighted by Gasteiger charge is 2.23. The van der Waals surface area contributed by atoms with Crippen molar-refractivity contribution in [2.45, 2.75) is 26.2 Å². The van der Waals surface area contributed by atoms with Crippen LogP contribution in [0.4, 0.5) is 5.69 Å². The fourth-order valence-electron chi connectivity index (χ4n) is 2.62. The summed E-state index contributed by atoms with van der Waals surface area (Å²) in [6.45, 7) is 3.56. The number of rotatable bonds is 3. The van der Waals surface area contributed by atoms with Crippen LogP contribution in [0.15, 0.2) is 18.2 Å². The van der Waals surface area contributed by atoms with Crippen LogP contribution in [0.1, 0.15) is 36.5 Å². The molecular formula is C15H21ClN2O3S. The van der Waals surface area contributed by atoms with Gasteiger partial charge < -0.3 is 4.90 Å². The summed E-state index contributed by atoms with van der Waals surface area (Å²) in [6.07, 6.45) is 4.08. The summed E-state index contributed by atoms with van der Waals surface area (Å²) in [6, 6.07) is 4.61. The Morgan fingerprint density at radius 3 is 2.73 bits per heavy atom. The van der Waals surface area contributed by atoms with E-state index in [1.54, 1.807) is 11.0 Å². The van der Waals surface area contributed by atoms with E-state index < -0.39 is 10.0 Å². The van der Waals surface area contributed by atoms with Gasteiger partial charge in [0, 0.05) is 18.1 Å². The lowest BCUT2D eigenvalue weighted by molar-refractivity contribution is 0.0761. The third-order valence-corrected chi connectivity index (χ3v) is 4.64. The van der Waals surface area contributed by atoms with Crippen LogP contribution in [0.3, 0.4) is 0 Å². The second-order valence-electron chi connectivity index (χ2n) is 5.89. The summed E-state index contributed by atoms with van der Waals surface area (Å²) in [5, 5.41) is 0.408. The number of nitrogens with one attached hydrogen (secondary N) is 1. The zero-order valence-electron chi connectivity index (χ0n) is 12.8. The fourth-order valence-corrected chi connectivity index (χ4v) is 3.37. The summed E-state index contributed by atoms with van der Waals surface area (Å²) in [7, 11) is -3.46. The van der Waals surface area contributed by atoms with Gasteiger partial charge in [-0.05, 0) is 43.4 Å². The van der Waals surface area contributed by atoms with Crippen molar-refractivity contribution >= 4 is 33.2 Å². The number of nitrogens with zero attached hydrogens (tertiary/aromatic N) is 1. The number of hydrogen-bond acceptors (Lipinski definition) is 3. The number of carbonyl (C=O) groups is 1. The normalized spacial score (nSPS) is 19.6. The highest BCUT2D eigenvalue weighted by atomic mass is 35.5. The molecule has 0 radical (unpaired) electrons. The minimum Gasteiger partial charge on any atom is -0.339 e. The van der Waals surface area contributed by atoms with Gasteiger partial charge in [0.05, 0.1) is 17.5 Å². The molecule has 1 atom stereocenters. The molecule has 7 heteroatoms. The van der Waals surface area contributed by atoms with Gasteiger partial charge in [-0.25, -0.2) is 8.42 Å². The van der Waals surface area contributed by atoms with E-state index in [0.29, 0.717) is 29.6 Å². The van der Waals surface area contributed by atoms with E-state index in [9.17, 15) is 13.2 Å². The average molecular weight is 345 g/mol. The maximum Gasteiger partial charge on any atom is 0.256 e. The van der Waals surface area contributed by atoms with Gasteiger partial charge in [0.25, 0.3) is 5.91 Å². The van der Waals surface area contributed by atoms with Gasteiger partial charge in [-0.2, -0.15) is 0 Å². The Morgan fingerprint density at radius 2 is 2.05 bits per heavy atom. The van der Waals surface area contributed by atoms with Crippen molar-refractivity contribution in [3.63, 3.8) is 0 Å². The highest BCUT2D eigenvalue weighted by molar-refractivity contribution is 7.92. The lowest BCUT2D eigenvalue weighted by Crippen LogP contribution is -2.32. The summed E-state index contributed by atoms with van der Waals surface area (Å²) < 4.78 is 25.3. The molecule has 1 aliphatic rings. The van der Waals surface area contributed by atoms with Gasteiger partial charge in [-0.1, -0.05) is 18.5 Å². The number of anilines is 1. The number of sulfonamides is 1. The SMILES string of the molecule is C[C@H]1CCCN(C(=O)c2cc(Cl)ccc2NS(C)(=O)=O)CC1. The van der Waals surface area contributed by atoms with Crippen molar-refractivity contribution in [2.75, 3.05) is 24.1 Å². The molecule has 22 heavy (non-hydrogen) atoms. The number of hydrogen-bond donors (Lipinski definition) is 1. The van der Waals surface area contributed by atoms with E-state index in [0.717, 1.165) is 25.5 Å². The molecule has 1 heterocycles. The molecule has 1 aromatic carbocycles. The molecule has 1 aromatic rings. The largest absolute Gasteiger partial charge is 0.339 e. The quantitative estimate of drug-likeness (QED) is 0.916. The van der Waals surface area contributed by atoms with E-state index in [1.165, 1.54) is 12.1 Å². The zero-order chi connectivity index (χ0) is 16.3. The van der Waals surface area contributed by atoms with Crippen molar-refractivity contribution in [1.82, 2.24) is 4.90 Å². The van der Waals surface area contributed by atoms with Gasteiger partial charge in [-0.3, -0.25) is 9.52 Å². The van der Waals surface area contributed by atoms with Gasteiger partial charge in [0.2, 0.25) is 10.0 Å². The molecule has 0 spiro atoms. The first kappa shape index (κ1) is 17.1. The second kappa shape index (κ2) is 6.87. The summed E-state index contributed by atoms with van der Waals surface area (Å²) >= 11 is 5.98. The number of halogens is 1. The van der Waals surface area contributed by atoms with E-state index in [1.807, 2.05) is 0 Å². The molecule has 1 fully saturated rings. The smallest absolute Gasteiger partial charge is 0.256 e. The molecule has 2 rings (SSSR count).